The molecule has 1 aliphatic rings. The number of hydrogen-bond acceptors (Lipinski definition) is 0. The quantitative estimate of drug-likeness (QED) is 0.0384. The topological polar surface area (TPSA) is 25.3 Å². The second kappa shape index (κ2) is 26.3. The summed E-state index contributed by atoms with van der Waals surface area (Å²) in [6.07, 6.45) is 21.9. The molecule has 3 heteroatoms. The van der Waals surface area contributed by atoms with Crippen LogP contribution < -0.4 is 0 Å². The third kappa shape index (κ3) is 15.1. The first-order valence-corrected chi connectivity index (χ1v) is 23.2. The molecule has 0 radical (unpaired) electrons. The van der Waals surface area contributed by atoms with Gasteiger partial charge in [-0.25, -0.2) is 4.70 Å². The molecule has 0 saturated carbocycles. The molecule has 0 fully saturated rings. The van der Waals surface area contributed by atoms with Gasteiger partial charge in [0.15, 0.2) is 0 Å². The van der Waals surface area contributed by atoms with Gasteiger partial charge in [0.25, 0.3) is 0 Å². The molecule has 1 aliphatic heterocycles. The fourth-order valence-corrected chi connectivity index (χ4v) is 8.57. The normalized spacial score (nSPS) is 12.8. The van der Waals surface area contributed by atoms with Gasteiger partial charge in [-0.2, -0.15) is 0 Å². The Labute approximate surface area is 342 Å². The molecule has 4 aromatic rings. The van der Waals surface area contributed by atoms with Gasteiger partial charge in [-0.15, -0.1) is 0 Å². The molecular formula is C52H70N2Ni. The monoisotopic (exact) mass is 780 g/mol. The number of allylic oxidation sites excluding steroid dienone is 2. The van der Waals surface area contributed by atoms with Gasteiger partial charge in [-0.05, 0) is 86.8 Å². The molecule has 2 nitrogen and oxygen atoms in total. The van der Waals surface area contributed by atoms with Crippen molar-refractivity contribution in [1.82, 2.24) is 0 Å². The van der Waals surface area contributed by atoms with Crippen molar-refractivity contribution in [3.05, 3.63) is 159 Å². The van der Waals surface area contributed by atoms with Gasteiger partial charge >= 0.3 is 97.0 Å². The first-order valence-electron chi connectivity index (χ1n) is 21.8. The molecule has 0 unspecified atom stereocenters. The summed E-state index contributed by atoms with van der Waals surface area (Å²) in [4.78, 5) is 0. The van der Waals surface area contributed by atoms with Crippen molar-refractivity contribution in [2.75, 3.05) is 0 Å². The van der Waals surface area contributed by atoms with E-state index in [1.54, 1.807) is 19.1 Å². The van der Waals surface area contributed by atoms with Crippen molar-refractivity contribution < 1.29 is 19.1 Å². The summed E-state index contributed by atoms with van der Waals surface area (Å²) in [7, 11) is 0. The molecular weight excluding hydrogens is 711 g/mol. The summed E-state index contributed by atoms with van der Waals surface area (Å²) in [6.45, 7) is 9.08. The van der Waals surface area contributed by atoms with Gasteiger partial charge in [0.2, 0.25) is 11.4 Å². The average Bonchev–Trinajstić information content (AvgIpc) is 3.50. The predicted molar refractivity (Wildman–Crippen MR) is 235 cm³/mol. The Hall–Kier alpha value is -3.55. The molecule has 0 bridgehead atoms. The molecule has 0 amide bonds. The molecule has 0 aliphatic carbocycles. The van der Waals surface area contributed by atoms with E-state index < -0.39 is 0 Å². The van der Waals surface area contributed by atoms with Crippen molar-refractivity contribution in [1.29, 1.82) is 0 Å². The number of aryl methyl sites for hydroxylation is 2. The van der Waals surface area contributed by atoms with Crippen LogP contribution in [0.4, 0.5) is 0 Å². The molecule has 0 atom stereocenters. The zero-order chi connectivity index (χ0) is 38.9. The Morgan fingerprint density at radius 2 is 0.855 bits per heavy atom. The maximum atomic E-state index is 11.9. The molecule has 0 saturated heterocycles. The Kier molecular flexibility index (Phi) is 21.1. The van der Waals surface area contributed by atoms with Gasteiger partial charge in [0.1, 0.15) is 0 Å². The second-order valence-electron chi connectivity index (χ2n) is 15.3. The number of hydrogen-bond donors (Lipinski definition) is 0. The second-order valence-corrected chi connectivity index (χ2v) is 16.4. The Morgan fingerprint density at radius 1 is 0.400 bits per heavy atom. The minimum absolute atomic E-state index is 1.01. The number of unbranched alkanes of at least 4 members (excludes halogenated alkanes) is 10. The van der Waals surface area contributed by atoms with Gasteiger partial charge in [0, 0.05) is 22.3 Å². The Balaban J connectivity index is 0.000000371. The maximum absolute atomic E-state index is 11.9. The fourth-order valence-electron chi connectivity index (χ4n) is 7.41. The molecule has 1 heterocycles. The molecule has 298 valence electrons. The molecule has 0 aromatic heterocycles. The molecule has 0 spiro atoms. The zero-order valence-corrected chi connectivity index (χ0v) is 35.7. The van der Waals surface area contributed by atoms with Gasteiger partial charge in [-0.3, -0.25) is 0 Å². The molecule has 5 rings (SSSR count). The third-order valence-corrected chi connectivity index (χ3v) is 11.9. The van der Waals surface area contributed by atoms with Crippen LogP contribution in [0.5, 0.6) is 0 Å². The summed E-state index contributed by atoms with van der Waals surface area (Å²) in [5.41, 5.74) is 24.5. The first kappa shape index (κ1) is 44.2. The van der Waals surface area contributed by atoms with E-state index in [1.165, 1.54) is 110 Å². The van der Waals surface area contributed by atoms with Crippen molar-refractivity contribution in [2.45, 2.75) is 154 Å². The van der Waals surface area contributed by atoms with Crippen molar-refractivity contribution in [3.63, 3.8) is 0 Å². The van der Waals surface area contributed by atoms with Crippen molar-refractivity contribution >= 4 is 11.4 Å². The number of rotatable bonds is 24. The average molecular weight is 782 g/mol. The van der Waals surface area contributed by atoms with E-state index in [0.717, 1.165) is 71.8 Å². The van der Waals surface area contributed by atoms with E-state index in [1.807, 2.05) is 0 Å². The summed E-state index contributed by atoms with van der Waals surface area (Å²) in [5.74, 6) is 0. The molecule has 0 N–H and O–H groups in total. The van der Waals surface area contributed by atoms with Crippen LogP contribution in [0.3, 0.4) is 0 Å². The van der Waals surface area contributed by atoms with Gasteiger partial charge < -0.3 is 5.53 Å². The number of nitrogens with zero attached hydrogens (tertiary/aromatic N) is 2. The van der Waals surface area contributed by atoms with Crippen LogP contribution in [0.25, 0.3) is 16.9 Å². The van der Waals surface area contributed by atoms with Crippen LogP contribution >= 0.6 is 0 Å². The van der Waals surface area contributed by atoms with E-state index in [-0.39, 0.29) is 0 Å². The van der Waals surface area contributed by atoms with Crippen LogP contribution in [0.15, 0.2) is 120 Å². The SMILES string of the molecule is CCCCCCCCc1ccc(C2=C(CCCC)C(CCCCC)=C(c3cccc(CCCCC)c3)[N+]2=[N-])cc1.c1ccc([CH2][Ni][CH2]c2ccccc2)cc1. The standard InChI is InChI=1S/C38H56N2.2C7H7.Ni/c1-5-9-13-14-15-18-20-31-26-28-33(29-27-31)37-35(24-12-8-4)36(25-17-11-7-3)38(40(37)39)34-23-19-22-32(30-34)21-16-10-6-2;2*1-7-5-3-2-4-6-7;/h19,22-23,26-30H,5-18,20-21,24-25H2,1-4H3;2*2-6H,1H2;. The molecule has 55 heavy (non-hydrogen) atoms. The van der Waals surface area contributed by atoms with E-state index >= 15 is 0 Å². The van der Waals surface area contributed by atoms with Crippen LogP contribution in [0.1, 0.15) is 164 Å². The third-order valence-electron chi connectivity index (χ3n) is 10.6. The van der Waals surface area contributed by atoms with E-state index in [4.69, 9.17) is 0 Å². The predicted octanol–water partition coefficient (Wildman–Crippen LogP) is 15.7. The van der Waals surface area contributed by atoms with Crippen LogP contribution in [0, 0.1) is 0 Å². The summed E-state index contributed by atoms with van der Waals surface area (Å²) in [5, 5.41) is 2.23. The summed E-state index contributed by atoms with van der Waals surface area (Å²) >= 11 is 1.78. The van der Waals surface area contributed by atoms with Crippen LogP contribution in [0.2, 0.25) is 0 Å². The fraction of sp³-hybridized carbons (Fsp3) is 0.462. The minimum atomic E-state index is 1.01. The Bertz CT molecular complexity index is 1680. The van der Waals surface area contributed by atoms with Gasteiger partial charge in [0.05, 0.1) is 0 Å². The van der Waals surface area contributed by atoms with E-state index in [9.17, 15) is 5.53 Å². The van der Waals surface area contributed by atoms with Crippen LogP contribution in [-0.2, 0) is 38.1 Å². The van der Waals surface area contributed by atoms with Gasteiger partial charge in [-0.1, -0.05) is 116 Å². The van der Waals surface area contributed by atoms with Crippen molar-refractivity contribution in [3.8, 4) is 0 Å². The Morgan fingerprint density at radius 3 is 1.45 bits per heavy atom. The van der Waals surface area contributed by atoms with Crippen LogP contribution in [-0.4, -0.2) is 4.70 Å². The van der Waals surface area contributed by atoms with E-state index in [2.05, 4.69) is 137 Å². The van der Waals surface area contributed by atoms with Crippen molar-refractivity contribution in [2.24, 2.45) is 0 Å². The van der Waals surface area contributed by atoms with E-state index in [0.29, 0.717) is 0 Å². The molecule has 4 aromatic carbocycles. The summed E-state index contributed by atoms with van der Waals surface area (Å²) < 4.78 is 1.56. The first-order chi connectivity index (χ1) is 27.1. The number of benzene rings is 4. The zero-order valence-electron chi connectivity index (χ0n) is 34.7. The summed E-state index contributed by atoms with van der Waals surface area (Å²) in [6, 6.07) is 39.3.